The third-order valence-electron chi connectivity index (χ3n) is 3.69. The number of hydrogen-bond acceptors (Lipinski definition) is 4. The lowest BCUT2D eigenvalue weighted by molar-refractivity contribution is 0.0846. The van der Waals surface area contributed by atoms with E-state index >= 15 is 0 Å². The average molecular weight is 461 g/mol. The monoisotopic (exact) mass is 459 g/mol. The molecule has 0 saturated carbocycles. The molecule has 0 saturated heterocycles. The maximum atomic E-state index is 12.2. The molecule has 2 amide bonds. The summed E-state index contributed by atoms with van der Waals surface area (Å²) in [6.45, 7) is 0.357. The van der Waals surface area contributed by atoms with Gasteiger partial charge in [0.15, 0.2) is 0 Å². The van der Waals surface area contributed by atoms with Gasteiger partial charge < -0.3 is 4.74 Å². The Labute approximate surface area is 175 Å². The molecule has 8 heteroatoms. The van der Waals surface area contributed by atoms with E-state index < -0.39 is 11.8 Å². The predicted octanol–water partition coefficient (Wildman–Crippen LogP) is 4.15. The van der Waals surface area contributed by atoms with Crippen molar-refractivity contribution < 1.29 is 14.3 Å². The van der Waals surface area contributed by atoms with Crippen LogP contribution in [0.15, 0.2) is 71.5 Å². The lowest BCUT2D eigenvalue weighted by Crippen LogP contribution is -2.41. The summed E-state index contributed by atoms with van der Waals surface area (Å²) in [5.74, 6) is -0.187. The summed E-state index contributed by atoms with van der Waals surface area (Å²) in [5.41, 5.74) is 6.36. The van der Waals surface area contributed by atoms with Gasteiger partial charge in [0.05, 0.1) is 5.56 Å². The van der Waals surface area contributed by atoms with Crippen molar-refractivity contribution in [2.45, 2.75) is 6.61 Å². The first kappa shape index (κ1) is 19.9. The van der Waals surface area contributed by atoms with Gasteiger partial charge in [0.25, 0.3) is 11.8 Å². The number of amides is 2. The lowest BCUT2D eigenvalue weighted by atomic mass is 10.1. The summed E-state index contributed by atoms with van der Waals surface area (Å²) in [6.07, 6.45) is 2.97. The van der Waals surface area contributed by atoms with Crippen LogP contribution in [-0.4, -0.2) is 16.8 Å². The number of rotatable bonds is 5. The van der Waals surface area contributed by atoms with Gasteiger partial charge in [0.1, 0.15) is 12.4 Å². The molecule has 142 valence electrons. The summed E-state index contributed by atoms with van der Waals surface area (Å²) in [4.78, 5) is 28.1. The number of hydrazine groups is 1. The fraction of sp³-hybridized carbons (Fsp3) is 0.0500. The topological polar surface area (TPSA) is 80.3 Å². The third-order valence-corrected chi connectivity index (χ3v) is 4.38. The van der Waals surface area contributed by atoms with Crippen LogP contribution in [0.25, 0.3) is 0 Å². The summed E-state index contributed by atoms with van der Waals surface area (Å²) >= 11 is 9.08. The molecule has 0 fully saturated rings. The molecule has 2 aromatic carbocycles. The van der Waals surface area contributed by atoms with Crippen LogP contribution in [0.2, 0.25) is 5.02 Å². The molecule has 3 rings (SSSR count). The number of carbonyl (C=O) groups is 2. The van der Waals surface area contributed by atoms with Crippen LogP contribution in [0.3, 0.4) is 0 Å². The van der Waals surface area contributed by atoms with E-state index in [4.69, 9.17) is 16.3 Å². The highest BCUT2D eigenvalue weighted by Gasteiger charge is 2.10. The van der Waals surface area contributed by atoms with Crippen molar-refractivity contribution in [1.82, 2.24) is 15.8 Å². The molecule has 1 heterocycles. The maximum Gasteiger partial charge on any atom is 0.271 e. The minimum atomic E-state index is -0.463. The largest absolute Gasteiger partial charge is 0.489 e. The molecule has 28 heavy (non-hydrogen) atoms. The highest BCUT2D eigenvalue weighted by atomic mass is 79.9. The van der Waals surface area contributed by atoms with Crippen LogP contribution in [0.1, 0.15) is 26.3 Å². The van der Waals surface area contributed by atoms with E-state index in [1.165, 1.54) is 6.20 Å². The summed E-state index contributed by atoms with van der Waals surface area (Å²) in [6, 6.07) is 15.6. The molecule has 0 radical (unpaired) electrons. The second-order valence-electron chi connectivity index (χ2n) is 5.74. The molecular weight excluding hydrogens is 446 g/mol. The second-order valence-corrected chi connectivity index (χ2v) is 7.09. The number of carbonyl (C=O) groups excluding carboxylic acids is 2. The number of hydrogen-bond donors (Lipinski definition) is 2. The summed E-state index contributed by atoms with van der Waals surface area (Å²) < 4.78 is 6.33. The summed E-state index contributed by atoms with van der Waals surface area (Å²) in [5, 5.41) is 0.644. The minimum absolute atomic E-state index is 0.323. The number of pyridine rings is 1. The third kappa shape index (κ3) is 5.55. The van der Waals surface area contributed by atoms with Crippen LogP contribution in [0.5, 0.6) is 5.75 Å². The van der Waals surface area contributed by atoms with Gasteiger partial charge in [0, 0.05) is 27.5 Å². The average Bonchev–Trinajstić information content (AvgIpc) is 2.71. The van der Waals surface area contributed by atoms with E-state index in [1.54, 1.807) is 60.8 Å². The molecule has 3 aromatic rings. The number of halogens is 2. The van der Waals surface area contributed by atoms with Crippen molar-refractivity contribution in [2.24, 2.45) is 0 Å². The zero-order valence-corrected chi connectivity index (χ0v) is 16.8. The normalized spacial score (nSPS) is 10.2. The standard InChI is InChI=1S/C20H15BrClN3O3/c21-16-9-15(10-23-11-16)20(27)25-24-19(26)14-3-1-13(2-4-14)12-28-18-7-5-17(22)6-8-18/h1-11H,12H2,(H,24,26)(H,25,27). The summed E-state index contributed by atoms with van der Waals surface area (Å²) in [7, 11) is 0. The predicted molar refractivity (Wildman–Crippen MR) is 109 cm³/mol. The Morgan fingerprint density at radius 2 is 1.57 bits per heavy atom. The molecule has 0 atom stereocenters. The first-order valence-electron chi connectivity index (χ1n) is 8.20. The van der Waals surface area contributed by atoms with Crippen molar-refractivity contribution in [3.05, 3.63) is 93.2 Å². The van der Waals surface area contributed by atoms with Crippen molar-refractivity contribution in [2.75, 3.05) is 0 Å². The molecule has 0 aliphatic heterocycles. The SMILES string of the molecule is O=C(NNC(=O)c1cncc(Br)c1)c1ccc(COc2ccc(Cl)cc2)cc1. The fourth-order valence-electron chi connectivity index (χ4n) is 2.24. The Morgan fingerprint density at radius 3 is 2.21 bits per heavy atom. The van der Waals surface area contributed by atoms with Crippen molar-refractivity contribution in [3.63, 3.8) is 0 Å². The Balaban J connectivity index is 1.51. The first-order valence-corrected chi connectivity index (χ1v) is 9.37. The van der Waals surface area contributed by atoms with Gasteiger partial charge in [-0.1, -0.05) is 23.7 Å². The van der Waals surface area contributed by atoms with Crippen molar-refractivity contribution in [3.8, 4) is 5.75 Å². The number of ether oxygens (including phenoxy) is 1. The highest BCUT2D eigenvalue weighted by molar-refractivity contribution is 9.10. The zero-order chi connectivity index (χ0) is 19.9. The Morgan fingerprint density at radius 1 is 0.929 bits per heavy atom. The first-order chi connectivity index (χ1) is 13.5. The van der Waals surface area contributed by atoms with Gasteiger partial charge in [0.2, 0.25) is 0 Å². The molecule has 6 nitrogen and oxygen atoms in total. The van der Waals surface area contributed by atoms with E-state index in [2.05, 4.69) is 31.8 Å². The van der Waals surface area contributed by atoms with E-state index in [0.29, 0.717) is 33.0 Å². The van der Waals surface area contributed by atoms with Crippen LogP contribution in [0, 0.1) is 0 Å². The highest BCUT2D eigenvalue weighted by Crippen LogP contribution is 2.17. The number of aromatic nitrogens is 1. The van der Waals surface area contributed by atoms with E-state index in [1.807, 2.05) is 0 Å². The number of nitrogens with one attached hydrogen (secondary N) is 2. The van der Waals surface area contributed by atoms with Gasteiger partial charge in [-0.3, -0.25) is 25.4 Å². The van der Waals surface area contributed by atoms with Gasteiger partial charge in [-0.15, -0.1) is 0 Å². The van der Waals surface area contributed by atoms with Gasteiger partial charge >= 0.3 is 0 Å². The molecule has 0 aliphatic carbocycles. The van der Waals surface area contributed by atoms with Gasteiger partial charge in [-0.2, -0.15) is 0 Å². The van der Waals surface area contributed by atoms with E-state index in [-0.39, 0.29) is 0 Å². The Hall–Kier alpha value is -2.90. The number of nitrogens with zero attached hydrogens (tertiary/aromatic N) is 1. The Kier molecular flexibility index (Phi) is 6.62. The molecule has 0 bridgehead atoms. The van der Waals surface area contributed by atoms with Crippen molar-refractivity contribution >= 4 is 39.3 Å². The van der Waals surface area contributed by atoms with Gasteiger partial charge in [-0.05, 0) is 64.0 Å². The second kappa shape index (κ2) is 9.34. The maximum absolute atomic E-state index is 12.2. The van der Waals surface area contributed by atoms with Crippen LogP contribution >= 0.6 is 27.5 Å². The van der Waals surface area contributed by atoms with Gasteiger partial charge in [-0.25, -0.2) is 0 Å². The lowest BCUT2D eigenvalue weighted by Gasteiger charge is -2.09. The van der Waals surface area contributed by atoms with E-state index in [9.17, 15) is 9.59 Å². The minimum Gasteiger partial charge on any atom is -0.489 e. The zero-order valence-electron chi connectivity index (χ0n) is 14.5. The van der Waals surface area contributed by atoms with Crippen LogP contribution < -0.4 is 15.6 Å². The fourth-order valence-corrected chi connectivity index (χ4v) is 2.73. The molecular formula is C20H15BrClN3O3. The number of benzene rings is 2. The Bertz CT molecular complexity index is 979. The molecule has 1 aromatic heterocycles. The van der Waals surface area contributed by atoms with Crippen LogP contribution in [0.4, 0.5) is 0 Å². The molecule has 0 spiro atoms. The molecule has 0 unspecified atom stereocenters. The van der Waals surface area contributed by atoms with Crippen molar-refractivity contribution in [1.29, 1.82) is 0 Å². The molecule has 0 aliphatic rings. The molecule has 2 N–H and O–H groups in total. The van der Waals surface area contributed by atoms with E-state index in [0.717, 1.165) is 5.56 Å². The van der Waals surface area contributed by atoms with Crippen LogP contribution in [-0.2, 0) is 6.61 Å². The smallest absolute Gasteiger partial charge is 0.271 e. The quantitative estimate of drug-likeness (QED) is 0.561.